The highest BCUT2D eigenvalue weighted by Crippen LogP contribution is 2.17. The van der Waals surface area contributed by atoms with E-state index in [1.54, 1.807) is 6.07 Å². The molecule has 5 heteroatoms. The molecule has 1 aromatic heterocycles. The van der Waals surface area contributed by atoms with Gasteiger partial charge < -0.3 is 14.7 Å². The van der Waals surface area contributed by atoms with Crippen LogP contribution in [0.15, 0.2) is 18.2 Å². The fourth-order valence-corrected chi connectivity index (χ4v) is 2.19. The van der Waals surface area contributed by atoms with E-state index in [4.69, 9.17) is 9.84 Å². The van der Waals surface area contributed by atoms with E-state index < -0.39 is 5.97 Å². The molecule has 1 aliphatic heterocycles. The molecule has 0 aliphatic carbocycles. The number of hydrogen-bond donors (Lipinski definition) is 1. The molecule has 0 saturated carbocycles. The molecule has 0 amide bonds. The van der Waals surface area contributed by atoms with Crippen LogP contribution < -0.4 is 4.90 Å². The summed E-state index contributed by atoms with van der Waals surface area (Å²) in [4.78, 5) is 17.0. The lowest BCUT2D eigenvalue weighted by Crippen LogP contribution is -2.31. The van der Waals surface area contributed by atoms with Crippen molar-refractivity contribution in [2.45, 2.75) is 12.8 Å². The van der Waals surface area contributed by atoms with Gasteiger partial charge in [0.15, 0.2) is 5.69 Å². The van der Waals surface area contributed by atoms with E-state index in [2.05, 4.69) is 4.98 Å². The Morgan fingerprint density at radius 1 is 1.61 bits per heavy atom. The molecular formula is C13H18N2O3. The van der Waals surface area contributed by atoms with Gasteiger partial charge in [0.05, 0.1) is 6.61 Å². The minimum absolute atomic E-state index is 0.0826. The predicted molar refractivity (Wildman–Crippen MR) is 68.0 cm³/mol. The molecule has 2 heterocycles. The van der Waals surface area contributed by atoms with Crippen LogP contribution in [0.2, 0.25) is 0 Å². The van der Waals surface area contributed by atoms with Crippen LogP contribution in [-0.2, 0) is 4.74 Å². The van der Waals surface area contributed by atoms with Gasteiger partial charge in [0.25, 0.3) is 0 Å². The second kappa shape index (κ2) is 5.82. The number of nitrogens with zero attached hydrogens (tertiary/aromatic N) is 2. The summed E-state index contributed by atoms with van der Waals surface area (Å²) in [6.07, 6.45) is 2.25. The largest absolute Gasteiger partial charge is 0.477 e. The Kier molecular flexibility index (Phi) is 4.15. The number of carboxylic acids is 1. The number of carbonyl (C=O) groups is 1. The van der Waals surface area contributed by atoms with E-state index in [1.165, 1.54) is 6.07 Å². The molecule has 18 heavy (non-hydrogen) atoms. The SMILES string of the molecule is CN(CC1CCCOC1)c1cccc(C(=O)O)n1. The van der Waals surface area contributed by atoms with Gasteiger partial charge in [-0.25, -0.2) is 9.78 Å². The van der Waals surface area contributed by atoms with Crippen LogP contribution in [0.5, 0.6) is 0 Å². The number of anilines is 1. The third-order valence-electron chi connectivity index (χ3n) is 3.13. The van der Waals surface area contributed by atoms with Crippen molar-refractivity contribution in [3.63, 3.8) is 0 Å². The standard InChI is InChI=1S/C13H18N2O3/c1-15(8-10-4-3-7-18-9-10)12-6-2-5-11(14-12)13(16)17/h2,5-6,10H,3-4,7-9H2,1H3,(H,16,17). The molecule has 0 radical (unpaired) electrons. The molecule has 1 saturated heterocycles. The van der Waals surface area contributed by atoms with Gasteiger partial charge in [-0.2, -0.15) is 0 Å². The second-order valence-corrected chi connectivity index (χ2v) is 4.65. The summed E-state index contributed by atoms with van der Waals surface area (Å²) in [6.45, 7) is 2.48. The van der Waals surface area contributed by atoms with E-state index in [9.17, 15) is 4.79 Å². The Hall–Kier alpha value is -1.62. The number of hydrogen-bond acceptors (Lipinski definition) is 4. The molecular weight excluding hydrogens is 232 g/mol. The maximum Gasteiger partial charge on any atom is 0.354 e. The number of carboxylic acid groups (broad SMARTS) is 1. The van der Waals surface area contributed by atoms with Gasteiger partial charge in [-0.3, -0.25) is 0 Å². The number of aromatic carboxylic acids is 1. The van der Waals surface area contributed by atoms with Crippen molar-refractivity contribution in [3.8, 4) is 0 Å². The van der Waals surface area contributed by atoms with Crippen LogP contribution in [-0.4, -0.2) is 42.9 Å². The van der Waals surface area contributed by atoms with E-state index in [0.717, 1.165) is 32.6 Å². The third-order valence-corrected chi connectivity index (χ3v) is 3.13. The molecule has 5 nitrogen and oxygen atoms in total. The summed E-state index contributed by atoms with van der Waals surface area (Å²) in [5.41, 5.74) is 0.0826. The lowest BCUT2D eigenvalue weighted by molar-refractivity contribution is 0.0575. The minimum atomic E-state index is -0.994. The Morgan fingerprint density at radius 3 is 3.11 bits per heavy atom. The van der Waals surface area contributed by atoms with E-state index >= 15 is 0 Å². The van der Waals surface area contributed by atoms with Crippen LogP contribution in [0.4, 0.5) is 5.82 Å². The van der Waals surface area contributed by atoms with E-state index in [1.807, 2.05) is 18.0 Å². The molecule has 1 fully saturated rings. The molecule has 1 N–H and O–H groups in total. The first kappa shape index (κ1) is 12.8. The smallest absolute Gasteiger partial charge is 0.354 e. The lowest BCUT2D eigenvalue weighted by Gasteiger charge is -2.27. The summed E-state index contributed by atoms with van der Waals surface area (Å²) in [5.74, 6) is 0.200. The summed E-state index contributed by atoms with van der Waals surface area (Å²) >= 11 is 0. The minimum Gasteiger partial charge on any atom is -0.477 e. The zero-order valence-electron chi connectivity index (χ0n) is 10.5. The number of aromatic nitrogens is 1. The number of ether oxygens (including phenoxy) is 1. The Morgan fingerprint density at radius 2 is 2.44 bits per heavy atom. The van der Waals surface area contributed by atoms with Crippen molar-refractivity contribution in [2.75, 3.05) is 31.7 Å². The first-order valence-corrected chi connectivity index (χ1v) is 6.16. The summed E-state index contributed by atoms with van der Waals surface area (Å²) in [5, 5.41) is 8.91. The van der Waals surface area contributed by atoms with E-state index in [0.29, 0.717) is 11.7 Å². The van der Waals surface area contributed by atoms with Gasteiger partial charge in [-0.1, -0.05) is 6.07 Å². The Balaban J connectivity index is 2.01. The predicted octanol–water partition coefficient (Wildman–Crippen LogP) is 1.64. The van der Waals surface area contributed by atoms with Gasteiger partial charge in [0, 0.05) is 20.2 Å². The molecule has 0 bridgehead atoms. The summed E-state index contributed by atoms with van der Waals surface area (Å²) in [7, 11) is 1.93. The molecule has 2 rings (SSSR count). The molecule has 1 unspecified atom stereocenters. The highest BCUT2D eigenvalue weighted by Gasteiger charge is 2.17. The topological polar surface area (TPSA) is 62.7 Å². The van der Waals surface area contributed by atoms with Gasteiger partial charge in [-0.05, 0) is 30.9 Å². The average Bonchev–Trinajstić information content (AvgIpc) is 2.40. The quantitative estimate of drug-likeness (QED) is 0.880. The van der Waals surface area contributed by atoms with Crippen molar-refractivity contribution in [1.29, 1.82) is 0 Å². The van der Waals surface area contributed by atoms with Gasteiger partial charge in [-0.15, -0.1) is 0 Å². The zero-order valence-corrected chi connectivity index (χ0v) is 10.5. The van der Waals surface area contributed by atoms with Gasteiger partial charge >= 0.3 is 5.97 Å². The maximum atomic E-state index is 10.9. The van der Waals surface area contributed by atoms with Crippen molar-refractivity contribution < 1.29 is 14.6 Å². The van der Waals surface area contributed by atoms with Crippen LogP contribution in [0.25, 0.3) is 0 Å². The molecule has 98 valence electrons. The molecule has 0 aromatic carbocycles. The van der Waals surface area contributed by atoms with Crippen molar-refractivity contribution in [3.05, 3.63) is 23.9 Å². The monoisotopic (exact) mass is 250 g/mol. The summed E-state index contributed by atoms with van der Waals surface area (Å²) in [6, 6.07) is 5.05. The molecule has 0 spiro atoms. The summed E-state index contributed by atoms with van der Waals surface area (Å²) < 4.78 is 5.44. The van der Waals surface area contributed by atoms with Crippen molar-refractivity contribution >= 4 is 11.8 Å². The maximum absolute atomic E-state index is 10.9. The normalized spacial score (nSPS) is 19.5. The van der Waals surface area contributed by atoms with Gasteiger partial charge in [0.2, 0.25) is 0 Å². The van der Waals surface area contributed by atoms with E-state index in [-0.39, 0.29) is 5.69 Å². The number of pyridine rings is 1. The van der Waals surface area contributed by atoms with Gasteiger partial charge in [0.1, 0.15) is 5.82 Å². The fourth-order valence-electron chi connectivity index (χ4n) is 2.19. The van der Waals surface area contributed by atoms with Crippen LogP contribution in [0, 0.1) is 5.92 Å². The molecule has 1 atom stereocenters. The van der Waals surface area contributed by atoms with Crippen molar-refractivity contribution in [1.82, 2.24) is 4.98 Å². The lowest BCUT2D eigenvalue weighted by atomic mass is 10.0. The first-order chi connectivity index (χ1) is 8.66. The molecule has 1 aromatic rings. The van der Waals surface area contributed by atoms with Crippen molar-refractivity contribution in [2.24, 2.45) is 5.92 Å². The van der Waals surface area contributed by atoms with Crippen LogP contribution in [0.1, 0.15) is 23.3 Å². The zero-order chi connectivity index (χ0) is 13.0. The highest BCUT2D eigenvalue weighted by molar-refractivity contribution is 5.85. The Bertz CT molecular complexity index is 416. The fraction of sp³-hybridized carbons (Fsp3) is 0.538. The Labute approximate surface area is 106 Å². The average molecular weight is 250 g/mol. The van der Waals surface area contributed by atoms with Crippen LogP contribution in [0.3, 0.4) is 0 Å². The first-order valence-electron chi connectivity index (χ1n) is 6.16. The highest BCUT2D eigenvalue weighted by atomic mass is 16.5. The number of rotatable bonds is 4. The van der Waals surface area contributed by atoms with Crippen LogP contribution >= 0.6 is 0 Å². The third kappa shape index (κ3) is 3.20. The molecule has 1 aliphatic rings. The second-order valence-electron chi connectivity index (χ2n) is 4.65.